The van der Waals surface area contributed by atoms with Crippen LogP contribution < -0.4 is 4.57 Å². The Kier molecular flexibility index (Phi) is 2.89. The minimum Gasteiger partial charge on any atom is -0.237 e. The Labute approximate surface area is 131 Å². The molecule has 1 heterocycles. The first kappa shape index (κ1) is 12.0. The van der Waals surface area contributed by atoms with E-state index in [2.05, 4.69) is 61.5 Å². The Morgan fingerprint density at radius 1 is 1.00 bits per heavy atom. The van der Waals surface area contributed by atoms with Crippen molar-refractivity contribution < 1.29 is 5.94 Å². The molecule has 0 atom stereocenters. The molecule has 0 saturated heterocycles. The fourth-order valence-corrected chi connectivity index (χ4v) is 3.11. The lowest BCUT2D eigenvalue weighted by Gasteiger charge is -2.10. The van der Waals surface area contributed by atoms with Crippen molar-refractivity contribution in [1.29, 1.82) is 0 Å². The average molecular weight is 288 g/mol. The van der Waals surface area contributed by atoms with Gasteiger partial charge in [-0.05, 0) is 34.5 Å². The standard InChI is InChI=1S/C20H19N2/c1-2-21-11-12-22(15-21)14-20-18-9-5-3-7-16(18)13-17-8-4-6-10-19(17)20/h3-13,15H,2,14H2,1H3/q+1/i15D. The molecule has 0 amide bonds. The molecule has 0 spiro atoms. The zero-order valence-electron chi connectivity index (χ0n) is 13.7. The van der Waals surface area contributed by atoms with Crippen molar-refractivity contribution >= 4 is 21.5 Å². The molecule has 0 radical (unpaired) electrons. The summed E-state index contributed by atoms with van der Waals surface area (Å²) in [5, 5.41) is 5.04. The highest BCUT2D eigenvalue weighted by molar-refractivity contribution is 6.02. The van der Waals surface area contributed by atoms with Crippen LogP contribution >= 0.6 is 0 Å². The topological polar surface area (TPSA) is 8.81 Å². The Morgan fingerprint density at radius 3 is 2.23 bits per heavy atom. The predicted octanol–water partition coefficient (Wildman–Crippen LogP) is 4.15. The summed E-state index contributed by atoms with van der Waals surface area (Å²) in [6.45, 7) is 3.60. The predicted molar refractivity (Wildman–Crippen MR) is 90.9 cm³/mol. The van der Waals surface area contributed by atoms with Gasteiger partial charge < -0.3 is 0 Å². The van der Waals surface area contributed by atoms with Crippen LogP contribution in [0.15, 0.2) is 73.3 Å². The maximum Gasteiger partial charge on any atom is 0.244 e. The van der Waals surface area contributed by atoms with Crippen LogP contribution in [0.3, 0.4) is 0 Å². The number of imidazole rings is 1. The number of rotatable bonds is 3. The molecule has 0 unspecified atom stereocenters. The van der Waals surface area contributed by atoms with Gasteiger partial charge in [-0.25, -0.2) is 9.13 Å². The van der Waals surface area contributed by atoms with E-state index in [4.69, 9.17) is 1.37 Å². The normalized spacial score (nSPS) is 12.0. The minimum atomic E-state index is 0.546. The van der Waals surface area contributed by atoms with E-state index in [1.165, 1.54) is 27.1 Å². The summed E-state index contributed by atoms with van der Waals surface area (Å²) in [6.07, 6.45) is 4.53. The van der Waals surface area contributed by atoms with Crippen molar-refractivity contribution in [1.82, 2.24) is 4.57 Å². The largest absolute Gasteiger partial charge is 0.244 e. The van der Waals surface area contributed by atoms with Crippen LogP contribution in [-0.4, -0.2) is 4.57 Å². The van der Waals surface area contributed by atoms with E-state index in [1.807, 2.05) is 21.5 Å². The monoisotopic (exact) mass is 288 g/mol. The lowest BCUT2D eigenvalue weighted by molar-refractivity contribution is -0.693. The smallest absolute Gasteiger partial charge is 0.237 e. The summed E-state index contributed by atoms with van der Waals surface area (Å²) in [4.78, 5) is 0. The van der Waals surface area contributed by atoms with E-state index >= 15 is 0 Å². The first-order valence-corrected chi connectivity index (χ1v) is 7.72. The van der Waals surface area contributed by atoms with Crippen LogP contribution in [0.4, 0.5) is 0 Å². The van der Waals surface area contributed by atoms with E-state index in [0.717, 1.165) is 6.54 Å². The van der Waals surface area contributed by atoms with Gasteiger partial charge in [0.05, 0.1) is 6.54 Å². The second kappa shape index (κ2) is 5.30. The summed E-state index contributed by atoms with van der Waals surface area (Å²) in [5.41, 5.74) is 1.28. The molecular formula is C20H19N2+. The first-order chi connectivity index (χ1) is 11.3. The van der Waals surface area contributed by atoms with Gasteiger partial charge in [0, 0.05) is 5.56 Å². The molecule has 0 fully saturated rings. The molecule has 0 saturated carbocycles. The van der Waals surface area contributed by atoms with Gasteiger partial charge in [0.15, 0.2) is 1.37 Å². The number of benzene rings is 3. The van der Waals surface area contributed by atoms with Gasteiger partial charge in [-0.2, -0.15) is 0 Å². The summed E-state index contributed by atoms with van der Waals surface area (Å²) in [7, 11) is 0. The molecule has 0 aliphatic heterocycles. The second-order valence-electron chi connectivity index (χ2n) is 5.61. The van der Waals surface area contributed by atoms with Gasteiger partial charge in [-0.3, -0.25) is 0 Å². The summed E-state index contributed by atoms with van der Waals surface area (Å²) in [5.74, 6) is 0. The first-order valence-electron chi connectivity index (χ1n) is 8.22. The molecular weight excluding hydrogens is 268 g/mol. The highest BCUT2D eigenvalue weighted by atomic mass is 15.1. The zero-order chi connectivity index (χ0) is 15.8. The molecule has 0 N–H and O–H groups in total. The van der Waals surface area contributed by atoms with Crippen molar-refractivity contribution in [2.45, 2.75) is 20.0 Å². The molecule has 4 aromatic rings. The number of hydrogen-bond donors (Lipinski definition) is 0. The van der Waals surface area contributed by atoms with Crippen LogP contribution in [0.1, 0.15) is 13.9 Å². The minimum absolute atomic E-state index is 0.546. The maximum absolute atomic E-state index is 8.32. The van der Waals surface area contributed by atoms with Gasteiger partial charge in [0.25, 0.3) is 0 Å². The molecule has 0 bridgehead atoms. The molecule has 108 valence electrons. The van der Waals surface area contributed by atoms with Crippen LogP contribution in [0, 0.1) is 0 Å². The lowest BCUT2D eigenvalue weighted by Crippen LogP contribution is -2.28. The molecule has 2 heteroatoms. The molecule has 4 rings (SSSR count). The van der Waals surface area contributed by atoms with E-state index in [9.17, 15) is 0 Å². The summed E-state index contributed by atoms with van der Waals surface area (Å²) in [6, 6.07) is 19.3. The fourth-order valence-electron chi connectivity index (χ4n) is 3.11. The average Bonchev–Trinajstić information content (AvgIpc) is 2.94. The molecule has 1 aromatic heterocycles. The van der Waals surface area contributed by atoms with Crippen molar-refractivity contribution in [2.24, 2.45) is 0 Å². The highest BCUT2D eigenvalue weighted by Crippen LogP contribution is 2.28. The lowest BCUT2D eigenvalue weighted by atomic mass is 9.97. The van der Waals surface area contributed by atoms with E-state index < -0.39 is 0 Å². The maximum atomic E-state index is 8.32. The van der Waals surface area contributed by atoms with Gasteiger partial charge in [-0.15, -0.1) is 0 Å². The van der Waals surface area contributed by atoms with Gasteiger partial charge in [0.1, 0.15) is 18.9 Å². The Hall–Kier alpha value is -2.61. The van der Waals surface area contributed by atoms with Crippen molar-refractivity contribution in [3.8, 4) is 0 Å². The van der Waals surface area contributed by atoms with Crippen molar-refractivity contribution in [3.05, 3.63) is 78.9 Å². The molecule has 0 aliphatic rings. The summed E-state index contributed by atoms with van der Waals surface area (Å²) >= 11 is 0. The fraction of sp³-hybridized carbons (Fsp3) is 0.150. The van der Waals surface area contributed by atoms with Crippen molar-refractivity contribution in [2.75, 3.05) is 0 Å². The van der Waals surface area contributed by atoms with E-state index in [0.29, 0.717) is 12.8 Å². The van der Waals surface area contributed by atoms with E-state index in [1.54, 1.807) is 0 Å². The Bertz CT molecular complexity index is 947. The number of aromatic nitrogens is 2. The number of hydrogen-bond acceptors (Lipinski definition) is 0. The van der Waals surface area contributed by atoms with Crippen LogP contribution in [-0.2, 0) is 13.1 Å². The van der Waals surface area contributed by atoms with Gasteiger partial charge >= 0.3 is 0 Å². The Morgan fingerprint density at radius 2 is 1.64 bits per heavy atom. The van der Waals surface area contributed by atoms with Crippen molar-refractivity contribution in [3.63, 3.8) is 0 Å². The molecule has 3 aromatic carbocycles. The second-order valence-corrected chi connectivity index (χ2v) is 5.61. The van der Waals surface area contributed by atoms with E-state index in [-0.39, 0.29) is 0 Å². The molecule has 2 nitrogen and oxygen atoms in total. The number of nitrogens with zero attached hydrogens (tertiary/aromatic N) is 2. The number of aryl methyl sites for hydroxylation is 1. The third-order valence-corrected chi connectivity index (χ3v) is 4.24. The molecule has 22 heavy (non-hydrogen) atoms. The SMILES string of the molecule is [2H]c1n(Cc2c3ccccc3cc3ccccc23)cc[n+]1CC. The van der Waals surface area contributed by atoms with Crippen LogP contribution in [0.25, 0.3) is 21.5 Å². The summed E-state index contributed by atoms with van der Waals surface area (Å²) < 4.78 is 12.3. The molecule has 0 aliphatic carbocycles. The highest BCUT2D eigenvalue weighted by Gasteiger charge is 2.11. The number of fused-ring (bicyclic) bond motifs is 2. The Balaban J connectivity index is 1.97. The third kappa shape index (κ3) is 2.17. The zero-order valence-corrected chi connectivity index (χ0v) is 12.7. The third-order valence-electron chi connectivity index (χ3n) is 4.24. The van der Waals surface area contributed by atoms with Crippen LogP contribution in [0.5, 0.6) is 0 Å². The van der Waals surface area contributed by atoms with Crippen LogP contribution in [0.2, 0.25) is 0 Å². The van der Waals surface area contributed by atoms with Gasteiger partial charge in [0.2, 0.25) is 6.30 Å². The quantitative estimate of drug-likeness (QED) is 0.395. The van der Waals surface area contributed by atoms with Gasteiger partial charge in [-0.1, -0.05) is 48.5 Å².